The molecule has 0 aliphatic heterocycles. The maximum atomic E-state index is 4.62. The van der Waals surface area contributed by atoms with E-state index in [4.69, 9.17) is 0 Å². The van der Waals surface area contributed by atoms with Gasteiger partial charge in [-0.1, -0.05) is 39.3 Å². The number of unbranched alkanes of at least 4 members (excludes halogenated alkanes) is 1. The van der Waals surface area contributed by atoms with E-state index in [1.165, 1.54) is 31.4 Å². The number of aliphatic imine (C=N–C) groups is 1. The molecule has 122 valence electrons. The summed E-state index contributed by atoms with van der Waals surface area (Å²) in [7, 11) is 2.10. The van der Waals surface area contributed by atoms with Crippen LogP contribution in [-0.4, -0.2) is 29.3 Å². The summed E-state index contributed by atoms with van der Waals surface area (Å²) in [6, 6.07) is 4.09. The zero-order valence-electron chi connectivity index (χ0n) is 14.1. The first-order valence-corrected chi connectivity index (χ1v) is 9.35. The predicted octanol–water partition coefficient (Wildman–Crippen LogP) is 5.46. The van der Waals surface area contributed by atoms with Crippen molar-refractivity contribution in [2.24, 2.45) is 15.3 Å². The van der Waals surface area contributed by atoms with E-state index >= 15 is 0 Å². The van der Waals surface area contributed by atoms with Crippen molar-refractivity contribution in [1.82, 2.24) is 4.31 Å². The minimum atomic E-state index is 0.701. The molecule has 1 unspecified atom stereocenters. The second-order valence-corrected chi connectivity index (χ2v) is 7.37. The van der Waals surface area contributed by atoms with Crippen molar-refractivity contribution >= 4 is 34.9 Å². The van der Waals surface area contributed by atoms with Gasteiger partial charge < -0.3 is 0 Å². The quantitative estimate of drug-likeness (QED) is 0.419. The normalized spacial score (nSPS) is 14.4. The van der Waals surface area contributed by atoms with Gasteiger partial charge >= 0.3 is 0 Å². The summed E-state index contributed by atoms with van der Waals surface area (Å²) in [4.78, 5) is 5.50. The molecule has 0 aliphatic rings. The Morgan fingerprint density at radius 1 is 1.55 bits per heavy atom. The molecule has 3 nitrogen and oxygen atoms in total. The van der Waals surface area contributed by atoms with Gasteiger partial charge in [0.05, 0.1) is 22.7 Å². The maximum absolute atomic E-state index is 4.62. The van der Waals surface area contributed by atoms with Crippen LogP contribution in [0.2, 0.25) is 0 Å². The zero-order chi connectivity index (χ0) is 16.4. The lowest BCUT2D eigenvalue weighted by atomic mass is 10.1. The fourth-order valence-corrected chi connectivity index (χ4v) is 3.57. The van der Waals surface area contributed by atoms with Crippen LogP contribution in [0.3, 0.4) is 0 Å². The molecule has 1 heterocycles. The molecule has 0 N–H and O–H groups in total. The van der Waals surface area contributed by atoms with Crippen molar-refractivity contribution in [1.29, 1.82) is 0 Å². The number of nitrogens with zero attached hydrogens (tertiary/aromatic N) is 3. The van der Waals surface area contributed by atoms with Gasteiger partial charge in [-0.05, 0) is 37.8 Å². The lowest BCUT2D eigenvalue weighted by molar-refractivity contribution is 0.407. The van der Waals surface area contributed by atoms with Crippen LogP contribution in [0.15, 0.2) is 39.7 Å². The van der Waals surface area contributed by atoms with Crippen LogP contribution in [0.1, 0.15) is 44.9 Å². The van der Waals surface area contributed by atoms with Crippen molar-refractivity contribution in [3.63, 3.8) is 0 Å². The third kappa shape index (κ3) is 6.90. The van der Waals surface area contributed by atoms with Gasteiger partial charge in [-0.25, -0.2) is 8.70 Å². The van der Waals surface area contributed by atoms with E-state index in [2.05, 4.69) is 52.6 Å². The third-order valence-electron chi connectivity index (χ3n) is 3.25. The Morgan fingerprint density at radius 2 is 2.32 bits per heavy atom. The number of hydrogen-bond donors (Lipinski definition) is 0. The van der Waals surface area contributed by atoms with E-state index in [0.717, 1.165) is 22.8 Å². The summed E-state index contributed by atoms with van der Waals surface area (Å²) in [6.07, 6.45) is 5.43. The molecule has 0 amide bonds. The van der Waals surface area contributed by atoms with Gasteiger partial charge in [-0.15, -0.1) is 11.3 Å². The number of rotatable bonds is 10. The first-order valence-electron chi connectivity index (χ1n) is 7.74. The highest BCUT2D eigenvalue weighted by atomic mass is 32.2. The Kier molecular flexibility index (Phi) is 9.36. The maximum Gasteiger partial charge on any atom is 0.102 e. The van der Waals surface area contributed by atoms with Gasteiger partial charge in [-0.3, -0.25) is 4.99 Å². The van der Waals surface area contributed by atoms with Crippen molar-refractivity contribution in [3.8, 4) is 0 Å². The fourth-order valence-electron chi connectivity index (χ4n) is 2.13. The molecule has 0 saturated heterocycles. The average Bonchev–Trinajstić information content (AvgIpc) is 3.02. The van der Waals surface area contributed by atoms with E-state index in [1.54, 1.807) is 17.5 Å². The molecular weight excluding hydrogens is 310 g/mol. The Balaban J connectivity index is 2.60. The molecule has 1 rings (SSSR count). The molecule has 0 aliphatic carbocycles. The Bertz CT molecular complexity index is 492. The van der Waals surface area contributed by atoms with E-state index in [1.807, 2.05) is 13.0 Å². The van der Waals surface area contributed by atoms with Crippen molar-refractivity contribution in [2.75, 3.05) is 13.6 Å². The number of thiophene rings is 1. The second kappa shape index (κ2) is 10.8. The van der Waals surface area contributed by atoms with Crippen molar-refractivity contribution in [2.45, 2.75) is 40.0 Å². The molecular formula is C17H27N3S2. The molecule has 0 bridgehead atoms. The monoisotopic (exact) mass is 337 g/mol. The van der Waals surface area contributed by atoms with E-state index in [-0.39, 0.29) is 0 Å². The zero-order valence-corrected chi connectivity index (χ0v) is 15.7. The highest BCUT2D eigenvalue weighted by Crippen LogP contribution is 2.17. The topological polar surface area (TPSA) is 28.0 Å². The van der Waals surface area contributed by atoms with Crippen LogP contribution in [-0.2, 0) is 0 Å². The molecule has 1 atom stereocenters. The first-order chi connectivity index (χ1) is 10.6. The molecule has 1 aromatic heterocycles. The molecule has 0 spiro atoms. The van der Waals surface area contributed by atoms with E-state index in [9.17, 15) is 0 Å². The van der Waals surface area contributed by atoms with E-state index in [0.29, 0.717) is 5.92 Å². The summed E-state index contributed by atoms with van der Waals surface area (Å²) in [5.41, 5.74) is 1.84. The van der Waals surface area contributed by atoms with Crippen LogP contribution in [0.5, 0.6) is 0 Å². The summed E-state index contributed by atoms with van der Waals surface area (Å²) >= 11 is 3.18. The SMILES string of the molecule is C=CN=C(C(C)=NSN(C)CC(C)CCCC)c1cccs1. The molecule has 0 fully saturated rings. The lowest BCUT2D eigenvalue weighted by Crippen LogP contribution is -2.18. The van der Waals surface area contributed by atoms with Gasteiger partial charge in [0.2, 0.25) is 0 Å². The lowest BCUT2D eigenvalue weighted by Gasteiger charge is -2.18. The largest absolute Gasteiger partial charge is 0.254 e. The summed E-state index contributed by atoms with van der Waals surface area (Å²) in [5.74, 6) is 0.701. The van der Waals surface area contributed by atoms with Gasteiger partial charge in [0.1, 0.15) is 5.71 Å². The fraction of sp³-hybridized carbons (Fsp3) is 0.529. The average molecular weight is 338 g/mol. The standard InChI is InChI=1S/C17H27N3S2/c1-6-8-10-14(3)13-20(5)22-19-15(4)17(18-7-2)16-11-9-12-21-16/h7,9,11-12,14H,2,6,8,10,13H2,1,3-5H3. The Morgan fingerprint density at radius 3 is 2.91 bits per heavy atom. The van der Waals surface area contributed by atoms with Gasteiger partial charge in [-0.2, -0.15) is 0 Å². The van der Waals surface area contributed by atoms with Crippen LogP contribution in [0.25, 0.3) is 0 Å². The summed E-state index contributed by atoms with van der Waals surface area (Å²) in [6.45, 7) is 11.3. The van der Waals surface area contributed by atoms with Crippen LogP contribution in [0.4, 0.5) is 0 Å². The van der Waals surface area contributed by atoms with Crippen LogP contribution < -0.4 is 0 Å². The highest BCUT2D eigenvalue weighted by Gasteiger charge is 2.10. The Hall–Kier alpha value is -0.910. The minimum Gasteiger partial charge on any atom is -0.254 e. The predicted molar refractivity (Wildman–Crippen MR) is 103 cm³/mol. The minimum absolute atomic E-state index is 0.701. The smallest absolute Gasteiger partial charge is 0.102 e. The summed E-state index contributed by atoms with van der Waals surface area (Å²) < 4.78 is 6.82. The van der Waals surface area contributed by atoms with Crippen LogP contribution >= 0.6 is 23.5 Å². The molecule has 1 aromatic rings. The summed E-state index contributed by atoms with van der Waals surface area (Å²) in [5, 5.41) is 2.05. The van der Waals surface area contributed by atoms with Gasteiger partial charge in [0.15, 0.2) is 0 Å². The van der Waals surface area contributed by atoms with Gasteiger partial charge in [0, 0.05) is 12.7 Å². The van der Waals surface area contributed by atoms with Crippen molar-refractivity contribution in [3.05, 3.63) is 35.2 Å². The van der Waals surface area contributed by atoms with Crippen LogP contribution in [0, 0.1) is 5.92 Å². The molecule has 0 aromatic carbocycles. The second-order valence-electron chi connectivity index (χ2n) is 5.45. The van der Waals surface area contributed by atoms with Gasteiger partial charge in [0.25, 0.3) is 0 Å². The first kappa shape index (κ1) is 19.1. The van der Waals surface area contributed by atoms with E-state index < -0.39 is 0 Å². The molecule has 0 saturated carbocycles. The molecule has 22 heavy (non-hydrogen) atoms. The highest BCUT2D eigenvalue weighted by molar-refractivity contribution is 7.95. The third-order valence-corrected chi connectivity index (χ3v) is 4.91. The van der Waals surface area contributed by atoms with Crippen molar-refractivity contribution < 1.29 is 0 Å². The number of hydrogen-bond acceptors (Lipinski definition) is 5. The Labute approximate surface area is 143 Å². The molecule has 5 heteroatoms. The molecule has 0 radical (unpaired) electrons.